The van der Waals surface area contributed by atoms with Crippen LogP contribution in [-0.2, 0) is 9.59 Å². The van der Waals surface area contributed by atoms with Crippen LogP contribution < -0.4 is 0 Å². The van der Waals surface area contributed by atoms with Crippen LogP contribution in [-0.4, -0.2) is 47.3 Å². The summed E-state index contributed by atoms with van der Waals surface area (Å²) in [6, 6.07) is -0.258. The largest absolute Gasteiger partial charge is 0.341 e. The molecular formula is C12H20N2O2. The highest BCUT2D eigenvalue weighted by atomic mass is 16.2. The van der Waals surface area contributed by atoms with Crippen molar-refractivity contribution >= 4 is 11.8 Å². The van der Waals surface area contributed by atoms with Gasteiger partial charge in [-0.15, -0.1) is 0 Å². The first kappa shape index (κ1) is 11.4. The minimum Gasteiger partial charge on any atom is -0.341 e. The summed E-state index contributed by atoms with van der Waals surface area (Å²) >= 11 is 0. The summed E-state index contributed by atoms with van der Waals surface area (Å²) in [6.45, 7) is 4.35. The summed E-state index contributed by atoms with van der Waals surface area (Å²) in [7, 11) is 0. The van der Waals surface area contributed by atoms with Gasteiger partial charge in [-0.3, -0.25) is 9.59 Å². The molecule has 0 radical (unpaired) electrons. The lowest BCUT2D eigenvalue weighted by molar-refractivity contribution is -0.146. The molecule has 2 saturated heterocycles. The molecule has 16 heavy (non-hydrogen) atoms. The highest BCUT2D eigenvalue weighted by Gasteiger charge is 2.31. The lowest BCUT2D eigenvalue weighted by atomic mass is 10.1. The van der Waals surface area contributed by atoms with Crippen LogP contribution in [0.4, 0.5) is 0 Å². The second-order valence-electron chi connectivity index (χ2n) is 4.75. The molecule has 90 valence electrons. The molecular weight excluding hydrogens is 204 g/mol. The fourth-order valence-corrected chi connectivity index (χ4v) is 2.57. The summed E-state index contributed by atoms with van der Waals surface area (Å²) in [4.78, 5) is 27.5. The molecule has 0 saturated carbocycles. The number of nitrogens with zero attached hydrogens (tertiary/aromatic N) is 2. The Morgan fingerprint density at radius 2 is 1.75 bits per heavy atom. The predicted molar refractivity (Wildman–Crippen MR) is 60.8 cm³/mol. The van der Waals surface area contributed by atoms with E-state index in [9.17, 15) is 9.59 Å². The van der Waals surface area contributed by atoms with Crippen LogP contribution in [0.15, 0.2) is 0 Å². The van der Waals surface area contributed by atoms with Crippen molar-refractivity contribution in [2.45, 2.75) is 45.1 Å². The standard InChI is InChI=1S/C12H20N2O2/c1-10(12(16)13-7-4-5-8-13)14-9-3-2-6-11(14)15/h10H,2-9H2,1H3. The number of rotatable bonds is 2. The third kappa shape index (κ3) is 2.20. The zero-order valence-corrected chi connectivity index (χ0v) is 9.95. The summed E-state index contributed by atoms with van der Waals surface area (Å²) < 4.78 is 0. The van der Waals surface area contributed by atoms with E-state index >= 15 is 0 Å². The molecule has 0 aromatic carbocycles. The van der Waals surface area contributed by atoms with Gasteiger partial charge >= 0.3 is 0 Å². The molecule has 0 aromatic rings. The molecule has 4 nitrogen and oxygen atoms in total. The van der Waals surface area contributed by atoms with E-state index < -0.39 is 0 Å². The fourth-order valence-electron chi connectivity index (χ4n) is 2.57. The average Bonchev–Trinajstić information content (AvgIpc) is 2.81. The highest BCUT2D eigenvalue weighted by Crippen LogP contribution is 2.17. The number of piperidine rings is 1. The van der Waals surface area contributed by atoms with E-state index in [2.05, 4.69) is 0 Å². The van der Waals surface area contributed by atoms with Crippen molar-refractivity contribution in [1.82, 2.24) is 9.80 Å². The number of amides is 2. The summed E-state index contributed by atoms with van der Waals surface area (Å²) in [5.41, 5.74) is 0. The lowest BCUT2D eigenvalue weighted by Gasteiger charge is -2.33. The van der Waals surface area contributed by atoms with Gasteiger partial charge in [-0.1, -0.05) is 0 Å². The van der Waals surface area contributed by atoms with Crippen LogP contribution in [0.2, 0.25) is 0 Å². The molecule has 2 heterocycles. The second kappa shape index (κ2) is 4.85. The highest BCUT2D eigenvalue weighted by molar-refractivity contribution is 5.87. The molecule has 0 N–H and O–H groups in total. The molecule has 0 aliphatic carbocycles. The summed E-state index contributed by atoms with van der Waals surface area (Å²) in [5, 5.41) is 0. The Balaban J connectivity index is 1.96. The molecule has 2 aliphatic heterocycles. The van der Waals surface area contributed by atoms with Gasteiger partial charge < -0.3 is 9.80 Å². The molecule has 2 aliphatic rings. The predicted octanol–water partition coefficient (Wildman–Crippen LogP) is 1.01. The maximum Gasteiger partial charge on any atom is 0.245 e. The first-order valence-electron chi connectivity index (χ1n) is 6.28. The van der Waals surface area contributed by atoms with Crippen LogP contribution in [0.25, 0.3) is 0 Å². The third-order valence-corrected chi connectivity index (χ3v) is 3.60. The van der Waals surface area contributed by atoms with Gasteiger partial charge in [-0.05, 0) is 32.6 Å². The molecule has 2 rings (SSSR count). The van der Waals surface area contributed by atoms with Crippen LogP contribution >= 0.6 is 0 Å². The Morgan fingerprint density at radius 3 is 2.38 bits per heavy atom. The van der Waals surface area contributed by atoms with Gasteiger partial charge in [0.05, 0.1) is 0 Å². The molecule has 1 atom stereocenters. The number of hydrogen-bond acceptors (Lipinski definition) is 2. The first-order valence-corrected chi connectivity index (χ1v) is 6.28. The van der Waals surface area contributed by atoms with Crippen molar-refractivity contribution in [3.8, 4) is 0 Å². The fraction of sp³-hybridized carbons (Fsp3) is 0.833. The third-order valence-electron chi connectivity index (χ3n) is 3.60. The van der Waals surface area contributed by atoms with Gasteiger partial charge in [0.2, 0.25) is 11.8 Å². The monoisotopic (exact) mass is 224 g/mol. The number of hydrogen-bond donors (Lipinski definition) is 0. The molecule has 2 fully saturated rings. The normalized spacial score (nSPS) is 23.7. The zero-order chi connectivity index (χ0) is 11.5. The molecule has 1 unspecified atom stereocenters. The van der Waals surface area contributed by atoms with E-state index in [0.29, 0.717) is 6.42 Å². The van der Waals surface area contributed by atoms with Crippen molar-refractivity contribution in [2.75, 3.05) is 19.6 Å². The van der Waals surface area contributed by atoms with Gasteiger partial charge in [-0.2, -0.15) is 0 Å². The number of carbonyl (C=O) groups excluding carboxylic acids is 2. The Labute approximate surface area is 96.6 Å². The Hall–Kier alpha value is -1.06. The maximum absolute atomic E-state index is 12.1. The van der Waals surface area contributed by atoms with Crippen molar-refractivity contribution in [1.29, 1.82) is 0 Å². The smallest absolute Gasteiger partial charge is 0.245 e. The van der Waals surface area contributed by atoms with Gasteiger partial charge in [0.15, 0.2) is 0 Å². The first-order chi connectivity index (χ1) is 7.70. The van der Waals surface area contributed by atoms with Gasteiger partial charge in [0.1, 0.15) is 6.04 Å². The summed E-state index contributed by atoms with van der Waals surface area (Å²) in [5.74, 6) is 0.277. The zero-order valence-electron chi connectivity index (χ0n) is 9.95. The van der Waals surface area contributed by atoms with E-state index in [1.54, 1.807) is 4.90 Å². The van der Waals surface area contributed by atoms with E-state index in [1.165, 1.54) is 0 Å². The molecule has 4 heteroatoms. The summed E-state index contributed by atoms with van der Waals surface area (Å²) in [6.07, 6.45) is 4.82. The van der Waals surface area contributed by atoms with E-state index in [1.807, 2.05) is 11.8 Å². The van der Waals surface area contributed by atoms with Gasteiger partial charge in [-0.25, -0.2) is 0 Å². The van der Waals surface area contributed by atoms with Gasteiger partial charge in [0.25, 0.3) is 0 Å². The van der Waals surface area contributed by atoms with Crippen molar-refractivity contribution in [3.05, 3.63) is 0 Å². The second-order valence-corrected chi connectivity index (χ2v) is 4.75. The molecule has 0 aromatic heterocycles. The maximum atomic E-state index is 12.1. The van der Waals surface area contributed by atoms with Crippen LogP contribution in [0.3, 0.4) is 0 Å². The van der Waals surface area contributed by atoms with E-state index in [-0.39, 0.29) is 17.9 Å². The minimum atomic E-state index is -0.258. The van der Waals surface area contributed by atoms with Gasteiger partial charge in [0, 0.05) is 26.1 Å². The van der Waals surface area contributed by atoms with Crippen LogP contribution in [0.1, 0.15) is 39.0 Å². The Bertz CT molecular complexity index is 285. The lowest BCUT2D eigenvalue weighted by Crippen LogP contribution is -2.50. The van der Waals surface area contributed by atoms with E-state index in [4.69, 9.17) is 0 Å². The number of carbonyl (C=O) groups is 2. The molecule has 0 spiro atoms. The minimum absolute atomic E-state index is 0.132. The van der Waals surface area contributed by atoms with Crippen molar-refractivity contribution in [2.24, 2.45) is 0 Å². The average molecular weight is 224 g/mol. The molecule has 0 bridgehead atoms. The number of likely N-dealkylation sites (tertiary alicyclic amines) is 2. The Kier molecular flexibility index (Phi) is 3.46. The quantitative estimate of drug-likeness (QED) is 0.702. The van der Waals surface area contributed by atoms with E-state index in [0.717, 1.165) is 45.3 Å². The van der Waals surface area contributed by atoms with Crippen molar-refractivity contribution in [3.63, 3.8) is 0 Å². The van der Waals surface area contributed by atoms with Crippen LogP contribution in [0, 0.1) is 0 Å². The molecule has 2 amide bonds. The SMILES string of the molecule is CC(C(=O)N1CCCC1)N1CCCCC1=O. The van der Waals surface area contributed by atoms with Crippen molar-refractivity contribution < 1.29 is 9.59 Å². The topological polar surface area (TPSA) is 40.6 Å². The Morgan fingerprint density at radius 1 is 1.12 bits per heavy atom. The van der Waals surface area contributed by atoms with Crippen LogP contribution in [0.5, 0.6) is 0 Å².